The van der Waals surface area contributed by atoms with Gasteiger partial charge >= 0.3 is 12.0 Å². The number of nitrogens with zero attached hydrogens (tertiary/aromatic N) is 1. The third-order valence-electron chi connectivity index (χ3n) is 4.23. The van der Waals surface area contributed by atoms with Gasteiger partial charge in [-0.25, -0.2) is 4.79 Å². The van der Waals surface area contributed by atoms with Crippen LogP contribution >= 0.6 is 0 Å². The molecule has 0 aromatic carbocycles. The zero-order valence-corrected chi connectivity index (χ0v) is 10.9. The van der Waals surface area contributed by atoms with Crippen molar-refractivity contribution in [2.24, 2.45) is 11.8 Å². The van der Waals surface area contributed by atoms with Gasteiger partial charge in [0.15, 0.2) is 0 Å². The Balaban J connectivity index is 1.71. The van der Waals surface area contributed by atoms with E-state index in [9.17, 15) is 9.59 Å². The molecule has 0 radical (unpaired) electrons. The molecule has 2 rings (SSSR count). The lowest BCUT2D eigenvalue weighted by atomic mass is 9.87. The van der Waals surface area contributed by atoms with Gasteiger partial charge in [-0.3, -0.25) is 4.79 Å². The number of carbonyl (C=O) groups is 2. The first kappa shape index (κ1) is 13.2. The normalized spacial score (nSPS) is 23.3. The molecular formula is C13H22N2O3. The van der Waals surface area contributed by atoms with Crippen molar-refractivity contribution < 1.29 is 14.7 Å². The van der Waals surface area contributed by atoms with Crippen LogP contribution < -0.4 is 5.32 Å². The van der Waals surface area contributed by atoms with Crippen LogP contribution in [0.5, 0.6) is 0 Å². The second kappa shape index (κ2) is 5.59. The third-order valence-corrected chi connectivity index (χ3v) is 4.23. The highest BCUT2D eigenvalue weighted by Gasteiger charge is 2.37. The van der Waals surface area contributed by atoms with Gasteiger partial charge in [0.2, 0.25) is 0 Å². The maximum atomic E-state index is 11.9. The van der Waals surface area contributed by atoms with Gasteiger partial charge in [-0.05, 0) is 12.8 Å². The second-order valence-corrected chi connectivity index (χ2v) is 5.58. The summed E-state index contributed by atoms with van der Waals surface area (Å²) in [7, 11) is 0. The zero-order chi connectivity index (χ0) is 13.1. The average molecular weight is 254 g/mol. The predicted octanol–water partition coefficient (Wildman–Crippen LogP) is 1.68. The molecule has 0 spiro atoms. The number of rotatable bonds is 3. The summed E-state index contributed by atoms with van der Waals surface area (Å²) in [4.78, 5) is 24.4. The minimum Gasteiger partial charge on any atom is -0.481 e. The molecule has 2 aliphatic rings. The average Bonchev–Trinajstić information content (AvgIpc) is 2.28. The molecule has 2 N–H and O–H groups in total. The van der Waals surface area contributed by atoms with E-state index >= 15 is 0 Å². The number of likely N-dealkylation sites (tertiary alicyclic amines) is 1. The first-order chi connectivity index (χ1) is 8.58. The molecule has 1 atom stereocenters. The number of urea groups is 1. The highest BCUT2D eigenvalue weighted by Crippen LogP contribution is 2.24. The standard InChI is InChI=1S/C13H22N2O3/c1-9(12(16)17)10-7-15(8-10)13(18)14-11-5-3-2-4-6-11/h9-11H,2-8H2,1H3,(H,14,18)(H,16,17). The number of aliphatic carboxylic acids is 1. The van der Waals surface area contributed by atoms with E-state index in [1.165, 1.54) is 19.3 Å². The van der Waals surface area contributed by atoms with Gasteiger partial charge in [-0.2, -0.15) is 0 Å². The molecule has 18 heavy (non-hydrogen) atoms. The summed E-state index contributed by atoms with van der Waals surface area (Å²) in [5.41, 5.74) is 0. The molecule has 0 aromatic heterocycles. The van der Waals surface area contributed by atoms with Crippen molar-refractivity contribution in [2.45, 2.75) is 45.1 Å². The Hall–Kier alpha value is -1.26. The molecule has 0 aromatic rings. The van der Waals surface area contributed by atoms with Gasteiger partial charge in [0.05, 0.1) is 5.92 Å². The van der Waals surface area contributed by atoms with E-state index < -0.39 is 5.97 Å². The van der Waals surface area contributed by atoms with Gasteiger partial charge in [0, 0.05) is 25.0 Å². The number of nitrogens with one attached hydrogen (secondary N) is 1. The lowest BCUT2D eigenvalue weighted by Gasteiger charge is -2.42. The van der Waals surface area contributed by atoms with Crippen molar-refractivity contribution in [3.8, 4) is 0 Å². The van der Waals surface area contributed by atoms with Gasteiger partial charge in [-0.1, -0.05) is 26.2 Å². The van der Waals surface area contributed by atoms with E-state index in [1.807, 2.05) is 0 Å². The molecule has 1 aliphatic carbocycles. The highest BCUT2D eigenvalue weighted by molar-refractivity contribution is 5.76. The van der Waals surface area contributed by atoms with E-state index in [-0.39, 0.29) is 17.9 Å². The minimum atomic E-state index is -0.771. The third kappa shape index (κ3) is 2.94. The number of carboxylic acids is 1. The Bertz CT molecular complexity index is 320. The summed E-state index contributed by atoms with van der Waals surface area (Å²) in [6, 6.07) is 0.304. The molecule has 5 heteroatoms. The van der Waals surface area contributed by atoms with Crippen LogP contribution in [0.2, 0.25) is 0 Å². The molecule has 1 saturated heterocycles. The van der Waals surface area contributed by atoms with Crippen molar-refractivity contribution in [1.29, 1.82) is 0 Å². The molecule has 1 heterocycles. The first-order valence-electron chi connectivity index (χ1n) is 6.86. The summed E-state index contributed by atoms with van der Waals surface area (Å²) in [6.45, 7) is 2.86. The van der Waals surface area contributed by atoms with Crippen LogP contribution in [-0.4, -0.2) is 41.1 Å². The van der Waals surface area contributed by atoms with E-state index in [0.29, 0.717) is 19.1 Å². The van der Waals surface area contributed by atoms with E-state index in [1.54, 1.807) is 11.8 Å². The summed E-state index contributed by atoms with van der Waals surface area (Å²) in [5.74, 6) is -1.02. The maximum Gasteiger partial charge on any atom is 0.317 e. The number of carboxylic acid groups (broad SMARTS) is 1. The van der Waals surface area contributed by atoms with E-state index in [0.717, 1.165) is 12.8 Å². The molecule has 0 bridgehead atoms. The molecule has 1 aliphatic heterocycles. The molecule has 2 fully saturated rings. The largest absolute Gasteiger partial charge is 0.481 e. The van der Waals surface area contributed by atoms with Crippen LogP contribution in [0.1, 0.15) is 39.0 Å². The molecular weight excluding hydrogens is 232 g/mol. The highest BCUT2D eigenvalue weighted by atomic mass is 16.4. The van der Waals surface area contributed by atoms with Gasteiger partial charge in [0.1, 0.15) is 0 Å². The summed E-state index contributed by atoms with van der Waals surface area (Å²) >= 11 is 0. The Kier molecular flexibility index (Phi) is 4.09. The summed E-state index contributed by atoms with van der Waals surface area (Å²) < 4.78 is 0. The van der Waals surface area contributed by atoms with Crippen molar-refractivity contribution in [1.82, 2.24) is 10.2 Å². The molecule has 1 saturated carbocycles. The zero-order valence-electron chi connectivity index (χ0n) is 10.9. The topological polar surface area (TPSA) is 69.6 Å². The van der Waals surface area contributed by atoms with Crippen LogP contribution in [-0.2, 0) is 4.79 Å². The SMILES string of the molecule is CC(C(=O)O)C1CN(C(=O)NC2CCCCC2)C1. The van der Waals surface area contributed by atoms with Crippen LogP contribution in [0.4, 0.5) is 4.79 Å². The smallest absolute Gasteiger partial charge is 0.317 e. The van der Waals surface area contributed by atoms with Crippen molar-refractivity contribution in [3.63, 3.8) is 0 Å². The fraction of sp³-hybridized carbons (Fsp3) is 0.846. The Morgan fingerprint density at radius 2 is 1.83 bits per heavy atom. The van der Waals surface area contributed by atoms with Crippen molar-refractivity contribution in [3.05, 3.63) is 0 Å². The number of hydrogen-bond acceptors (Lipinski definition) is 2. The number of amides is 2. The fourth-order valence-electron chi connectivity index (χ4n) is 2.71. The van der Waals surface area contributed by atoms with Crippen LogP contribution in [0.3, 0.4) is 0 Å². The fourth-order valence-corrected chi connectivity index (χ4v) is 2.71. The Morgan fingerprint density at radius 3 is 2.39 bits per heavy atom. The molecule has 2 amide bonds. The lowest BCUT2D eigenvalue weighted by molar-refractivity contribution is -0.144. The van der Waals surface area contributed by atoms with Crippen LogP contribution in [0.15, 0.2) is 0 Å². The van der Waals surface area contributed by atoms with E-state index in [4.69, 9.17) is 5.11 Å². The Morgan fingerprint density at radius 1 is 1.22 bits per heavy atom. The van der Waals surface area contributed by atoms with Crippen molar-refractivity contribution >= 4 is 12.0 Å². The minimum absolute atomic E-state index is 0.0178. The molecule has 102 valence electrons. The number of carbonyl (C=O) groups excluding carboxylic acids is 1. The van der Waals surface area contributed by atoms with Gasteiger partial charge in [0.25, 0.3) is 0 Å². The quantitative estimate of drug-likeness (QED) is 0.805. The number of hydrogen-bond donors (Lipinski definition) is 2. The monoisotopic (exact) mass is 254 g/mol. The first-order valence-corrected chi connectivity index (χ1v) is 6.86. The molecule has 1 unspecified atom stereocenters. The van der Waals surface area contributed by atoms with Crippen molar-refractivity contribution in [2.75, 3.05) is 13.1 Å². The Labute approximate surface area is 108 Å². The summed E-state index contributed by atoms with van der Waals surface area (Å²) in [6.07, 6.45) is 5.82. The van der Waals surface area contributed by atoms with Crippen LogP contribution in [0.25, 0.3) is 0 Å². The summed E-state index contributed by atoms with van der Waals surface area (Å²) in [5, 5.41) is 11.9. The lowest BCUT2D eigenvalue weighted by Crippen LogP contribution is -2.57. The molecule has 5 nitrogen and oxygen atoms in total. The second-order valence-electron chi connectivity index (χ2n) is 5.58. The van der Waals surface area contributed by atoms with E-state index in [2.05, 4.69) is 5.32 Å². The maximum absolute atomic E-state index is 11.9. The van der Waals surface area contributed by atoms with Gasteiger partial charge in [-0.15, -0.1) is 0 Å². The van der Waals surface area contributed by atoms with Gasteiger partial charge < -0.3 is 15.3 Å². The predicted molar refractivity (Wildman–Crippen MR) is 67.3 cm³/mol. The van der Waals surface area contributed by atoms with Crippen LogP contribution in [0, 0.1) is 11.8 Å².